The molecule has 0 heterocycles. The highest BCUT2D eigenvalue weighted by atomic mass is 32.2. The molecule has 1 fully saturated rings. The van der Waals surface area contributed by atoms with Crippen LogP contribution in [0.5, 0.6) is 0 Å². The molecule has 0 radical (unpaired) electrons. The van der Waals surface area contributed by atoms with E-state index in [0.717, 1.165) is 29.7 Å². The molecule has 4 nitrogen and oxygen atoms in total. The lowest BCUT2D eigenvalue weighted by Crippen LogP contribution is -2.50. The average molecular weight is 453 g/mol. The van der Waals surface area contributed by atoms with E-state index < -0.39 is 6.04 Å². The van der Waals surface area contributed by atoms with E-state index in [4.69, 9.17) is 0 Å². The van der Waals surface area contributed by atoms with Gasteiger partial charge in [-0.2, -0.15) is 0 Å². The highest BCUT2D eigenvalue weighted by Gasteiger charge is 2.28. The van der Waals surface area contributed by atoms with Crippen molar-refractivity contribution in [1.82, 2.24) is 10.2 Å². The Kier molecular flexibility index (Phi) is 8.80. The number of benzene rings is 2. The molecule has 0 unspecified atom stereocenters. The maximum absolute atomic E-state index is 13.3. The van der Waals surface area contributed by atoms with E-state index >= 15 is 0 Å². The SMILES string of the molecule is Cc1cc(C)cc(CSCC(=O)N(Cc2cccc(C)c2)[C@H](C)C(=O)NC2CCCC2)c1. The molecule has 1 aliphatic rings. The number of rotatable bonds is 9. The molecule has 1 N–H and O–H groups in total. The third kappa shape index (κ3) is 7.13. The average Bonchev–Trinajstić information content (AvgIpc) is 3.24. The highest BCUT2D eigenvalue weighted by Crippen LogP contribution is 2.20. The quantitative estimate of drug-likeness (QED) is 0.560. The summed E-state index contributed by atoms with van der Waals surface area (Å²) >= 11 is 1.61. The van der Waals surface area contributed by atoms with Crippen molar-refractivity contribution < 1.29 is 9.59 Å². The first kappa shape index (κ1) is 24.4. The standard InChI is InChI=1S/C27H36N2O2S/c1-19-8-7-9-23(13-19)16-29(22(4)27(31)28-25-10-5-6-11-25)26(30)18-32-17-24-14-20(2)12-21(3)15-24/h7-9,12-15,22,25H,5-6,10-11,16-18H2,1-4H3,(H,28,31)/t22-/m1/s1. The van der Waals surface area contributed by atoms with Gasteiger partial charge in [-0.1, -0.05) is 72.0 Å². The third-order valence-electron chi connectivity index (χ3n) is 6.08. The van der Waals surface area contributed by atoms with Crippen molar-refractivity contribution in [1.29, 1.82) is 0 Å². The number of aryl methyl sites for hydroxylation is 3. The molecule has 1 aliphatic carbocycles. The Labute approximate surface area is 197 Å². The van der Waals surface area contributed by atoms with Gasteiger partial charge in [-0.15, -0.1) is 11.8 Å². The molecule has 1 atom stereocenters. The van der Waals surface area contributed by atoms with Crippen LogP contribution >= 0.6 is 11.8 Å². The van der Waals surface area contributed by atoms with Gasteiger partial charge in [0.05, 0.1) is 5.75 Å². The number of hydrogen-bond acceptors (Lipinski definition) is 3. The van der Waals surface area contributed by atoms with Gasteiger partial charge in [0.2, 0.25) is 11.8 Å². The zero-order valence-corrected chi connectivity index (χ0v) is 20.6. The molecule has 2 aromatic carbocycles. The van der Waals surface area contributed by atoms with Gasteiger partial charge in [0.25, 0.3) is 0 Å². The molecule has 0 spiro atoms. The van der Waals surface area contributed by atoms with E-state index in [2.05, 4.69) is 43.4 Å². The van der Waals surface area contributed by atoms with E-state index in [-0.39, 0.29) is 17.9 Å². The van der Waals surface area contributed by atoms with Crippen molar-refractivity contribution in [3.8, 4) is 0 Å². The van der Waals surface area contributed by atoms with Crippen LogP contribution in [-0.2, 0) is 21.9 Å². The number of hydrogen-bond donors (Lipinski definition) is 1. The van der Waals surface area contributed by atoms with Gasteiger partial charge in [-0.25, -0.2) is 0 Å². The largest absolute Gasteiger partial charge is 0.352 e. The fraction of sp³-hybridized carbons (Fsp3) is 0.481. The van der Waals surface area contributed by atoms with Gasteiger partial charge in [-0.3, -0.25) is 9.59 Å². The van der Waals surface area contributed by atoms with E-state index in [9.17, 15) is 9.59 Å². The number of amides is 2. The molecule has 2 amide bonds. The number of carbonyl (C=O) groups excluding carboxylic acids is 2. The topological polar surface area (TPSA) is 49.4 Å². The Balaban J connectivity index is 1.66. The van der Waals surface area contributed by atoms with Gasteiger partial charge in [0, 0.05) is 18.3 Å². The molecule has 0 bridgehead atoms. The van der Waals surface area contributed by atoms with E-state index in [1.807, 2.05) is 32.0 Å². The summed E-state index contributed by atoms with van der Waals surface area (Å²) in [6.45, 7) is 8.54. The molecule has 0 aliphatic heterocycles. The molecule has 2 aromatic rings. The zero-order valence-electron chi connectivity index (χ0n) is 19.8. The number of nitrogens with zero attached hydrogens (tertiary/aromatic N) is 1. The minimum atomic E-state index is -0.495. The first-order valence-corrected chi connectivity index (χ1v) is 12.8. The molecule has 5 heteroatoms. The van der Waals surface area contributed by atoms with Gasteiger partial charge < -0.3 is 10.2 Å². The van der Waals surface area contributed by atoms with Crippen LogP contribution in [0.15, 0.2) is 42.5 Å². The minimum Gasteiger partial charge on any atom is -0.352 e. The summed E-state index contributed by atoms with van der Waals surface area (Å²) in [6.07, 6.45) is 4.41. The van der Waals surface area contributed by atoms with Crippen molar-refractivity contribution in [3.63, 3.8) is 0 Å². The predicted molar refractivity (Wildman–Crippen MR) is 134 cm³/mol. The molecule has 0 aromatic heterocycles. The maximum Gasteiger partial charge on any atom is 0.242 e. The molecular weight excluding hydrogens is 416 g/mol. The Hall–Kier alpha value is -2.27. The van der Waals surface area contributed by atoms with Crippen molar-refractivity contribution in [2.24, 2.45) is 0 Å². The highest BCUT2D eigenvalue weighted by molar-refractivity contribution is 7.99. The van der Waals surface area contributed by atoms with Crippen LogP contribution in [0.25, 0.3) is 0 Å². The summed E-state index contributed by atoms with van der Waals surface area (Å²) in [7, 11) is 0. The van der Waals surface area contributed by atoms with E-state index in [1.165, 1.54) is 29.5 Å². The smallest absolute Gasteiger partial charge is 0.242 e. The number of thioether (sulfide) groups is 1. The Morgan fingerprint density at radius 3 is 2.31 bits per heavy atom. The first-order valence-electron chi connectivity index (χ1n) is 11.6. The van der Waals surface area contributed by atoms with Crippen molar-refractivity contribution in [2.45, 2.75) is 77.8 Å². The molecule has 172 valence electrons. The predicted octanol–water partition coefficient (Wildman–Crippen LogP) is 5.32. The lowest BCUT2D eigenvalue weighted by Gasteiger charge is -2.30. The summed E-state index contributed by atoms with van der Waals surface area (Å²) in [4.78, 5) is 28.0. The van der Waals surface area contributed by atoms with Gasteiger partial charge >= 0.3 is 0 Å². The first-order chi connectivity index (χ1) is 15.3. The number of carbonyl (C=O) groups is 2. The fourth-order valence-corrected chi connectivity index (χ4v) is 5.32. The van der Waals surface area contributed by atoms with Crippen LogP contribution in [0, 0.1) is 20.8 Å². The van der Waals surface area contributed by atoms with Gasteiger partial charge in [-0.05, 0) is 51.7 Å². The molecular formula is C27H36N2O2S. The van der Waals surface area contributed by atoms with Crippen LogP contribution in [0.3, 0.4) is 0 Å². The second kappa shape index (κ2) is 11.6. The Morgan fingerprint density at radius 1 is 1.00 bits per heavy atom. The van der Waals surface area contributed by atoms with E-state index in [0.29, 0.717) is 12.3 Å². The van der Waals surface area contributed by atoms with Crippen LogP contribution in [0.1, 0.15) is 60.4 Å². The lowest BCUT2D eigenvalue weighted by molar-refractivity contribution is -0.138. The van der Waals surface area contributed by atoms with E-state index in [1.54, 1.807) is 16.7 Å². The van der Waals surface area contributed by atoms with Gasteiger partial charge in [0.15, 0.2) is 0 Å². The summed E-state index contributed by atoms with van der Waals surface area (Å²) < 4.78 is 0. The minimum absolute atomic E-state index is 0.00922. The second-order valence-corrected chi connectivity index (χ2v) is 10.2. The number of nitrogens with one attached hydrogen (secondary N) is 1. The fourth-order valence-electron chi connectivity index (χ4n) is 4.47. The Bertz CT molecular complexity index is 917. The van der Waals surface area contributed by atoms with Crippen LogP contribution in [0.2, 0.25) is 0 Å². The second-order valence-electron chi connectivity index (χ2n) is 9.17. The maximum atomic E-state index is 13.3. The monoisotopic (exact) mass is 452 g/mol. The summed E-state index contributed by atoms with van der Waals surface area (Å²) in [5, 5.41) is 3.17. The lowest BCUT2D eigenvalue weighted by atomic mass is 10.1. The third-order valence-corrected chi connectivity index (χ3v) is 7.07. The molecule has 1 saturated carbocycles. The van der Waals surface area contributed by atoms with Crippen molar-refractivity contribution >= 4 is 23.6 Å². The van der Waals surface area contributed by atoms with Crippen molar-refractivity contribution in [3.05, 3.63) is 70.3 Å². The van der Waals surface area contributed by atoms with Crippen LogP contribution in [-0.4, -0.2) is 34.6 Å². The van der Waals surface area contributed by atoms with Crippen LogP contribution in [0.4, 0.5) is 0 Å². The summed E-state index contributed by atoms with van der Waals surface area (Å²) in [5.74, 6) is 1.11. The summed E-state index contributed by atoms with van der Waals surface area (Å²) in [6, 6.07) is 14.4. The molecule has 0 saturated heterocycles. The van der Waals surface area contributed by atoms with Crippen molar-refractivity contribution in [2.75, 3.05) is 5.75 Å². The Morgan fingerprint density at radius 2 is 1.66 bits per heavy atom. The summed E-state index contributed by atoms with van der Waals surface area (Å²) in [5.41, 5.74) is 5.92. The zero-order chi connectivity index (χ0) is 23.1. The van der Waals surface area contributed by atoms with Crippen LogP contribution < -0.4 is 5.32 Å². The van der Waals surface area contributed by atoms with Gasteiger partial charge in [0.1, 0.15) is 6.04 Å². The normalized spacial score (nSPS) is 14.9. The molecule has 32 heavy (non-hydrogen) atoms. The molecule has 3 rings (SSSR count).